The minimum absolute atomic E-state index is 0.0698. The molecule has 0 saturated heterocycles. The fourth-order valence-electron chi connectivity index (χ4n) is 2.45. The zero-order valence-corrected chi connectivity index (χ0v) is 12.4. The number of hydrogen-bond donors (Lipinski definition) is 2. The fourth-order valence-corrected chi connectivity index (χ4v) is 2.57. The van der Waals surface area contributed by atoms with E-state index in [0.717, 1.165) is 5.56 Å². The van der Waals surface area contributed by atoms with Gasteiger partial charge in [0.1, 0.15) is 5.82 Å². The van der Waals surface area contributed by atoms with Gasteiger partial charge in [-0.05, 0) is 36.1 Å². The van der Waals surface area contributed by atoms with Crippen molar-refractivity contribution in [1.29, 1.82) is 0 Å². The second-order valence-electron chi connectivity index (χ2n) is 5.40. The standard InChI is InChI=1S/C17H18ClFO2/c18-15-7-6-14(8-16(15)19)10-17(11-20,12-21)9-13-4-2-1-3-5-13/h1-8,20-21H,9-12H2. The molecule has 112 valence electrons. The minimum Gasteiger partial charge on any atom is -0.396 e. The molecule has 0 amide bonds. The Morgan fingerprint density at radius 3 is 2.10 bits per heavy atom. The van der Waals surface area contributed by atoms with Crippen LogP contribution in [-0.4, -0.2) is 23.4 Å². The highest BCUT2D eigenvalue weighted by Gasteiger charge is 2.29. The van der Waals surface area contributed by atoms with Gasteiger partial charge in [0.25, 0.3) is 0 Å². The molecule has 2 N–H and O–H groups in total. The molecular formula is C17H18ClFO2. The van der Waals surface area contributed by atoms with Crippen LogP contribution in [-0.2, 0) is 12.8 Å². The van der Waals surface area contributed by atoms with Crippen LogP contribution in [0.4, 0.5) is 4.39 Å². The molecule has 2 rings (SSSR count). The fraction of sp³-hybridized carbons (Fsp3) is 0.294. The van der Waals surface area contributed by atoms with Gasteiger partial charge >= 0.3 is 0 Å². The number of rotatable bonds is 6. The van der Waals surface area contributed by atoms with Gasteiger partial charge < -0.3 is 10.2 Å². The van der Waals surface area contributed by atoms with Crippen LogP contribution in [0, 0.1) is 11.2 Å². The summed E-state index contributed by atoms with van der Waals surface area (Å²) in [4.78, 5) is 0. The molecule has 4 heteroatoms. The molecule has 0 aliphatic carbocycles. The third-order valence-electron chi connectivity index (χ3n) is 3.66. The topological polar surface area (TPSA) is 40.5 Å². The Kier molecular flexibility index (Phi) is 5.34. The van der Waals surface area contributed by atoms with E-state index in [1.165, 1.54) is 12.1 Å². The smallest absolute Gasteiger partial charge is 0.142 e. The van der Waals surface area contributed by atoms with Gasteiger partial charge in [0.2, 0.25) is 0 Å². The van der Waals surface area contributed by atoms with E-state index in [9.17, 15) is 14.6 Å². The quantitative estimate of drug-likeness (QED) is 0.860. The third-order valence-corrected chi connectivity index (χ3v) is 3.96. The van der Waals surface area contributed by atoms with Crippen LogP contribution in [0.25, 0.3) is 0 Å². The molecule has 0 aliphatic heterocycles. The van der Waals surface area contributed by atoms with Crippen molar-refractivity contribution in [2.75, 3.05) is 13.2 Å². The number of benzene rings is 2. The molecule has 0 atom stereocenters. The number of halogens is 2. The first-order valence-electron chi connectivity index (χ1n) is 6.78. The maximum Gasteiger partial charge on any atom is 0.142 e. The lowest BCUT2D eigenvalue weighted by Gasteiger charge is -2.30. The third kappa shape index (κ3) is 4.03. The molecule has 0 bridgehead atoms. The van der Waals surface area contributed by atoms with E-state index in [1.807, 2.05) is 30.3 Å². The van der Waals surface area contributed by atoms with Gasteiger partial charge in [0.05, 0.1) is 18.2 Å². The lowest BCUT2D eigenvalue weighted by molar-refractivity contribution is 0.0547. The average molecular weight is 309 g/mol. The summed E-state index contributed by atoms with van der Waals surface area (Å²) in [5, 5.41) is 19.6. The van der Waals surface area contributed by atoms with Gasteiger partial charge in [0.15, 0.2) is 0 Å². The molecule has 0 unspecified atom stereocenters. The minimum atomic E-state index is -0.721. The van der Waals surface area contributed by atoms with Gasteiger partial charge in [-0.25, -0.2) is 4.39 Å². The van der Waals surface area contributed by atoms with Gasteiger partial charge in [-0.15, -0.1) is 0 Å². The molecule has 2 aromatic rings. The van der Waals surface area contributed by atoms with Crippen LogP contribution in [0.5, 0.6) is 0 Å². The first kappa shape index (κ1) is 16.0. The molecule has 2 aromatic carbocycles. The molecule has 2 nitrogen and oxygen atoms in total. The Hall–Kier alpha value is -1.42. The van der Waals surface area contributed by atoms with E-state index in [4.69, 9.17) is 11.6 Å². The molecule has 0 fully saturated rings. The van der Waals surface area contributed by atoms with Crippen molar-refractivity contribution in [2.24, 2.45) is 5.41 Å². The number of hydrogen-bond acceptors (Lipinski definition) is 2. The van der Waals surface area contributed by atoms with Gasteiger partial charge in [-0.3, -0.25) is 0 Å². The highest BCUT2D eigenvalue weighted by Crippen LogP contribution is 2.28. The molecular weight excluding hydrogens is 291 g/mol. The number of aliphatic hydroxyl groups is 2. The number of aliphatic hydroxyl groups excluding tert-OH is 2. The lowest BCUT2D eigenvalue weighted by atomic mass is 9.78. The zero-order valence-electron chi connectivity index (χ0n) is 11.6. The molecule has 0 spiro atoms. The summed E-state index contributed by atoms with van der Waals surface area (Å²) in [6.45, 7) is -0.356. The highest BCUT2D eigenvalue weighted by molar-refractivity contribution is 6.30. The first-order valence-corrected chi connectivity index (χ1v) is 7.16. The van der Waals surface area contributed by atoms with E-state index in [0.29, 0.717) is 18.4 Å². The van der Waals surface area contributed by atoms with Crippen molar-refractivity contribution in [2.45, 2.75) is 12.8 Å². The van der Waals surface area contributed by atoms with Crippen LogP contribution >= 0.6 is 11.6 Å². The summed E-state index contributed by atoms with van der Waals surface area (Å²) in [6, 6.07) is 14.2. The maximum absolute atomic E-state index is 13.5. The highest BCUT2D eigenvalue weighted by atomic mass is 35.5. The van der Waals surface area contributed by atoms with Crippen molar-refractivity contribution in [1.82, 2.24) is 0 Å². The van der Waals surface area contributed by atoms with Gasteiger partial charge in [-0.1, -0.05) is 48.0 Å². The van der Waals surface area contributed by atoms with E-state index in [2.05, 4.69) is 0 Å². The van der Waals surface area contributed by atoms with Gasteiger partial charge in [0, 0.05) is 5.41 Å². The van der Waals surface area contributed by atoms with E-state index >= 15 is 0 Å². The summed E-state index contributed by atoms with van der Waals surface area (Å²) in [5.41, 5.74) is 1.01. The summed E-state index contributed by atoms with van der Waals surface area (Å²) in [5.74, 6) is -0.487. The predicted octanol–water partition coefficient (Wildman–Crippen LogP) is 3.24. The Bertz CT molecular complexity index is 583. The van der Waals surface area contributed by atoms with E-state index in [-0.39, 0.29) is 18.2 Å². The summed E-state index contributed by atoms with van der Waals surface area (Å²) in [7, 11) is 0. The summed E-state index contributed by atoms with van der Waals surface area (Å²) >= 11 is 5.68. The Morgan fingerprint density at radius 1 is 0.905 bits per heavy atom. The molecule has 21 heavy (non-hydrogen) atoms. The van der Waals surface area contributed by atoms with Gasteiger partial charge in [-0.2, -0.15) is 0 Å². The van der Waals surface area contributed by atoms with Crippen molar-refractivity contribution < 1.29 is 14.6 Å². The van der Waals surface area contributed by atoms with Crippen LogP contribution < -0.4 is 0 Å². The Balaban J connectivity index is 2.23. The molecule has 0 radical (unpaired) electrons. The van der Waals surface area contributed by atoms with Crippen molar-refractivity contribution in [3.05, 3.63) is 70.5 Å². The lowest BCUT2D eigenvalue weighted by Crippen LogP contribution is -2.34. The van der Waals surface area contributed by atoms with E-state index in [1.54, 1.807) is 6.07 Å². The summed E-state index contributed by atoms with van der Waals surface area (Å²) < 4.78 is 13.5. The first-order chi connectivity index (χ1) is 10.1. The Labute approximate surface area is 128 Å². The SMILES string of the molecule is OCC(CO)(Cc1ccccc1)Cc1ccc(Cl)c(F)c1. The van der Waals surface area contributed by atoms with Crippen molar-refractivity contribution >= 4 is 11.6 Å². The second kappa shape index (κ2) is 7.03. The zero-order chi connectivity index (χ0) is 15.3. The van der Waals surface area contributed by atoms with Crippen molar-refractivity contribution in [3.8, 4) is 0 Å². The normalized spacial score (nSPS) is 11.6. The molecule has 0 saturated carbocycles. The van der Waals surface area contributed by atoms with Crippen molar-refractivity contribution in [3.63, 3.8) is 0 Å². The second-order valence-corrected chi connectivity index (χ2v) is 5.81. The van der Waals surface area contributed by atoms with E-state index < -0.39 is 11.2 Å². The maximum atomic E-state index is 13.5. The van der Waals surface area contributed by atoms with Crippen LogP contribution in [0.3, 0.4) is 0 Å². The van der Waals surface area contributed by atoms with Crippen LogP contribution in [0.2, 0.25) is 5.02 Å². The molecule has 0 aromatic heterocycles. The monoisotopic (exact) mass is 308 g/mol. The van der Waals surface area contributed by atoms with Crippen LogP contribution in [0.15, 0.2) is 48.5 Å². The molecule has 0 aliphatic rings. The largest absolute Gasteiger partial charge is 0.396 e. The summed E-state index contributed by atoms with van der Waals surface area (Å²) in [6.07, 6.45) is 0.897. The van der Waals surface area contributed by atoms with Crippen LogP contribution in [0.1, 0.15) is 11.1 Å². The Morgan fingerprint density at radius 2 is 1.52 bits per heavy atom. The molecule has 0 heterocycles. The average Bonchev–Trinajstić information content (AvgIpc) is 2.51. The predicted molar refractivity (Wildman–Crippen MR) is 81.9 cm³/mol.